The average molecular weight is 230 g/mol. The molecule has 0 fully saturated rings. The third-order valence-electron chi connectivity index (χ3n) is 2.41. The molecule has 0 heterocycles. The maximum atomic E-state index is 13.3. The molecule has 0 saturated carbocycles. The van der Waals surface area contributed by atoms with Gasteiger partial charge in [0.2, 0.25) is 0 Å². The maximum absolute atomic E-state index is 13.3. The highest BCUT2D eigenvalue weighted by molar-refractivity contribution is 6.31. The van der Waals surface area contributed by atoms with E-state index >= 15 is 0 Å². The molecule has 0 aliphatic heterocycles. The monoisotopic (exact) mass is 229 g/mol. The van der Waals surface area contributed by atoms with E-state index < -0.39 is 0 Å². The SMILES string of the molecule is CNCCCCc1cc(C)c(Cl)c(F)c1. The van der Waals surface area contributed by atoms with Gasteiger partial charge in [-0.3, -0.25) is 0 Å². The quantitative estimate of drug-likeness (QED) is 0.764. The zero-order chi connectivity index (χ0) is 11.3. The lowest BCUT2D eigenvalue weighted by Crippen LogP contribution is -2.07. The maximum Gasteiger partial charge on any atom is 0.142 e. The molecule has 1 aromatic carbocycles. The van der Waals surface area contributed by atoms with E-state index in [4.69, 9.17) is 11.6 Å². The first kappa shape index (κ1) is 12.5. The first-order valence-corrected chi connectivity index (χ1v) is 5.62. The van der Waals surface area contributed by atoms with Crippen molar-refractivity contribution in [2.45, 2.75) is 26.2 Å². The van der Waals surface area contributed by atoms with Gasteiger partial charge in [-0.25, -0.2) is 4.39 Å². The van der Waals surface area contributed by atoms with Gasteiger partial charge >= 0.3 is 0 Å². The molecule has 0 radical (unpaired) electrons. The van der Waals surface area contributed by atoms with Crippen LogP contribution in [0.25, 0.3) is 0 Å². The van der Waals surface area contributed by atoms with Gasteiger partial charge in [-0.1, -0.05) is 17.7 Å². The molecule has 3 heteroatoms. The Bertz CT molecular complexity index is 302. The smallest absolute Gasteiger partial charge is 0.142 e. The van der Waals surface area contributed by atoms with Crippen molar-refractivity contribution in [1.82, 2.24) is 5.32 Å². The van der Waals surface area contributed by atoms with Gasteiger partial charge in [-0.2, -0.15) is 0 Å². The Morgan fingerprint density at radius 1 is 1.33 bits per heavy atom. The number of rotatable bonds is 5. The van der Waals surface area contributed by atoms with Crippen molar-refractivity contribution in [3.05, 3.63) is 34.1 Å². The molecule has 0 amide bonds. The predicted molar refractivity (Wildman–Crippen MR) is 63.0 cm³/mol. The lowest BCUT2D eigenvalue weighted by molar-refractivity contribution is 0.621. The molecule has 0 unspecified atom stereocenters. The van der Waals surface area contributed by atoms with E-state index in [9.17, 15) is 4.39 Å². The van der Waals surface area contributed by atoms with E-state index in [1.165, 1.54) is 6.07 Å². The van der Waals surface area contributed by atoms with Gasteiger partial charge in [0.05, 0.1) is 5.02 Å². The van der Waals surface area contributed by atoms with Crippen LogP contribution in [0.3, 0.4) is 0 Å². The lowest BCUT2D eigenvalue weighted by Gasteiger charge is -2.05. The van der Waals surface area contributed by atoms with E-state index in [0.29, 0.717) is 0 Å². The summed E-state index contributed by atoms with van der Waals surface area (Å²) in [7, 11) is 1.94. The van der Waals surface area contributed by atoms with Gasteiger partial charge in [-0.15, -0.1) is 0 Å². The molecule has 1 N–H and O–H groups in total. The standard InChI is InChI=1S/C12H17ClFN/c1-9-7-10(5-3-4-6-15-2)8-11(14)12(9)13/h7-8,15H,3-6H2,1-2H3. The largest absolute Gasteiger partial charge is 0.320 e. The van der Waals surface area contributed by atoms with Crippen LogP contribution in [0, 0.1) is 12.7 Å². The molecule has 0 atom stereocenters. The van der Waals surface area contributed by atoms with Crippen molar-refractivity contribution in [3.63, 3.8) is 0 Å². The first-order valence-electron chi connectivity index (χ1n) is 5.24. The van der Waals surface area contributed by atoms with Gasteiger partial charge in [0.25, 0.3) is 0 Å². The number of hydrogen-bond acceptors (Lipinski definition) is 1. The Hall–Kier alpha value is -0.600. The number of aryl methyl sites for hydroxylation is 2. The fraction of sp³-hybridized carbons (Fsp3) is 0.500. The Labute approximate surface area is 95.6 Å². The predicted octanol–water partition coefficient (Wildman–Crippen LogP) is 3.33. The van der Waals surface area contributed by atoms with Crippen molar-refractivity contribution >= 4 is 11.6 Å². The zero-order valence-corrected chi connectivity index (χ0v) is 9.99. The molecule has 0 saturated heterocycles. The molecular weight excluding hydrogens is 213 g/mol. The summed E-state index contributed by atoms with van der Waals surface area (Å²) in [5.41, 5.74) is 1.85. The summed E-state index contributed by atoms with van der Waals surface area (Å²) in [6.45, 7) is 2.84. The van der Waals surface area contributed by atoms with Crippen LogP contribution in [0.4, 0.5) is 4.39 Å². The summed E-state index contributed by atoms with van der Waals surface area (Å²) in [5, 5.41) is 3.34. The fourth-order valence-corrected chi connectivity index (χ4v) is 1.68. The summed E-state index contributed by atoms with van der Waals surface area (Å²) >= 11 is 5.75. The molecule has 15 heavy (non-hydrogen) atoms. The van der Waals surface area contributed by atoms with E-state index in [2.05, 4.69) is 5.32 Å². The Balaban J connectivity index is 2.55. The van der Waals surface area contributed by atoms with Gasteiger partial charge < -0.3 is 5.32 Å². The second kappa shape index (κ2) is 6.09. The molecule has 84 valence electrons. The van der Waals surface area contributed by atoms with Gasteiger partial charge in [0.15, 0.2) is 0 Å². The minimum absolute atomic E-state index is 0.244. The fourth-order valence-electron chi connectivity index (χ4n) is 1.57. The van der Waals surface area contributed by atoms with E-state index in [-0.39, 0.29) is 10.8 Å². The highest BCUT2D eigenvalue weighted by Gasteiger charge is 2.05. The second-order valence-electron chi connectivity index (χ2n) is 3.77. The number of hydrogen-bond donors (Lipinski definition) is 1. The van der Waals surface area contributed by atoms with Crippen LogP contribution in [0.1, 0.15) is 24.0 Å². The highest BCUT2D eigenvalue weighted by Crippen LogP contribution is 2.21. The van der Waals surface area contributed by atoms with Crippen LogP contribution in [-0.2, 0) is 6.42 Å². The minimum atomic E-state index is -0.305. The summed E-state index contributed by atoms with van der Waals surface area (Å²) in [6.07, 6.45) is 3.09. The third-order valence-corrected chi connectivity index (χ3v) is 2.89. The zero-order valence-electron chi connectivity index (χ0n) is 9.24. The summed E-state index contributed by atoms with van der Waals surface area (Å²) < 4.78 is 13.3. The van der Waals surface area contributed by atoms with Crippen molar-refractivity contribution in [1.29, 1.82) is 0 Å². The average Bonchev–Trinajstić information content (AvgIpc) is 2.21. The van der Waals surface area contributed by atoms with Crippen molar-refractivity contribution in [3.8, 4) is 0 Å². The van der Waals surface area contributed by atoms with Crippen LogP contribution in [0.2, 0.25) is 5.02 Å². The molecule has 1 nitrogen and oxygen atoms in total. The van der Waals surface area contributed by atoms with Crippen LogP contribution in [0.5, 0.6) is 0 Å². The lowest BCUT2D eigenvalue weighted by atomic mass is 10.1. The normalized spacial score (nSPS) is 10.7. The van der Waals surface area contributed by atoms with Crippen molar-refractivity contribution in [2.24, 2.45) is 0 Å². The summed E-state index contributed by atoms with van der Waals surface area (Å²) in [6, 6.07) is 3.50. The van der Waals surface area contributed by atoms with Crippen molar-refractivity contribution < 1.29 is 4.39 Å². The molecular formula is C12H17ClFN. The third kappa shape index (κ3) is 3.80. The number of halogens is 2. The van der Waals surface area contributed by atoms with Crippen molar-refractivity contribution in [2.75, 3.05) is 13.6 Å². The molecule has 0 aliphatic rings. The van der Waals surface area contributed by atoms with Crippen LogP contribution < -0.4 is 5.32 Å². The molecule has 0 aliphatic carbocycles. The first-order chi connectivity index (χ1) is 7.15. The Kier molecular flexibility index (Phi) is 5.06. The minimum Gasteiger partial charge on any atom is -0.320 e. The van der Waals surface area contributed by atoms with E-state index in [1.54, 1.807) is 0 Å². The van der Waals surface area contributed by atoms with Crippen LogP contribution in [0.15, 0.2) is 12.1 Å². The molecule has 1 rings (SSSR count). The van der Waals surface area contributed by atoms with Crippen LogP contribution >= 0.6 is 11.6 Å². The highest BCUT2D eigenvalue weighted by atomic mass is 35.5. The number of nitrogens with one attached hydrogen (secondary N) is 1. The van der Waals surface area contributed by atoms with Gasteiger partial charge in [-0.05, 0) is 57.0 Å². The van der Waals surface area contributed by atoms with Crippen LogP contribution in [-0.4, -0.2) is 13.6 Å². The second-order valence-corrected chi connectivity index (χ2v) is 4.15. The van der Waals surface area contributed by atoms with Gasteiger partial charge in [0.1, 0.15) is 5.82 Å². The summed E-state index contributed by atoms with van der Waals surface area (Å²) in [4.78, 5) is 0. The number of benzene rings is 1. The summed E-state index contributed by atoms with van der Waals surface area (Å²) in [5.74, 6) is -0.305. The Morgan fingerprint density at radius 3 is 2.67 bits per heavy atom. The molecule has 1 aromatic rings. The number of unbranched alkanes of at least 4 members (excludes halogenated alkanes) is 1. The molecule has 0 bridgehead atoms. The topological polar surface area (TPSA) is 12.0 Å². The molecule has 0 spiro atoms. The van der Waals surface area contributed by atoms with E-state index in [0.717, 1.165) is 36.9 Å². The van der Waals surface area contributed by atoms with Gasteiger partial charge in [0, 0.05) is 0 Å². The van der Waals surface area contributed by atoms with E-state index in [1.807, 2.05) is 20.0 Å². The molecule has 0 aromatic heterocycles. The Morgan fingerprint density at radius 2 is 2.07 bits per heavy atom.